The van der Waals surface area contributed by atoms with Crippen molar-refractivity contribution < 1.29 is 4.74 Å². The Morgan fingerprint density at radius 1 is 1.17 bits per heavy atom. The molecule has 0 aliphatic carbocycles. The van der Waals surface area contributed by atoms with Crippen molar-refractivity contribution >= 4 is 16.7 Å². The molecule has 0 unspecified atom stereocenters. The summed E-state index contributed by atoms with van der Waals surface area (Å²) in [6.45, 7) is 0.493. The lowest BCUT2D eigenvalue weighted by Gasteiger charge is -2.10. The summed E-state index contributed by atoms with van der Waals surface area (Å²) in [7, 11) is 2.04. The Labute approximate surface area is 138 Å². The van der Waals surface area contributed by atoms with Crippen molar-refractivity contribution in [3.63, 3.8) is 0 Å². The van der Waals surface area contributed by atoms with Gasteiger partial charge in [0.2, 0.25) is 0 Å². The Kier molecular flexibility index (Phi) is 3.42. The number of fused-ring (bicyclic) bond motifs is 1. The van der Waals surface area contributed by atoms with E-state index in [4.69, 9.17) is 10.5 Å². The lowest BCUT2D eigenvalue weighted by Crippen LogP contribution is -1.99. The molecule has 0 fully saturated rings. The number of H-pyrrole nitrogens is 1. The number of ether oxygens (including phenoxy) is 1. The van der Waals surface area contributed by atoms with Crippen molar-refractivity contribution in [2.45, 2.75) is 6.61 Å². The monoisotopic (exact) mass is 319 g/mol. The first-order chi connectivity index (χ1) is 11.7. The SMILES string of the molecule is Cn1ccc2cccc(COc3cccc(-c4nn[nH]c4N)c3)c21. The summed E-state index contributed by atoms with van der Waals surface area (Å²) in [4.78, 5) is 0. The highest BCUT2D eigenvalue weighted by Gasteiger charge is 2.09. The van der Waals surface area contributed by atoms with Crippen LogP contribution in [0.3, 0.4) is 0 Å². The summed E-state index contributed by atoms with van der Waals surface area (Å²) in [6.07, 6.45) is 2.06. The average molecular weight is 319 g/mol. The minimum absolute atomic E-state index is 0.445. The number of hydrogen-bond donors (Lipinski definition) is 2. The molecular formula is C18H17N5O. The molecule has 24 heavy (non-hydrogen) atoms. The minimum Gasteiger partial charge on any atom is -0.489 e. The molecule has 0 atom stereocenters. The molecule has 0 saturated heterocycles. The van der Waals surface area contributed by atoms with E-state index in [-0.39, 0.29) is 0 Å². The number of aromatic amines is 1. The van der Waals surface area contributed by atoms with Crippen molar-refractivity contribution in [3.8, 4) is 17.0 Å². The Hall–Kier alpha value is -3.28. The van der Waals surface area contributed by atoms with Crippen LogP contribution in [0.5, 0.6) is 5.75 Å². The number of nitrogens with zero attached hydrogens (tertiary/aromatic N) is 3. The van der Waals surface area contributed by atoms with Gasteiger partial charge >= 0.3 is 0 Å². The molecule has 4 aromatic rings. The van der Waals surface area contributed by atoms with Crippen LogP contribution in [0.4, 0.5) is 5.82 Å². The smallest absolute Gasteiger partial charge is 0.147 e. The second-order valence-corrected chi connectivity index (χ2v) is 5.67. The second-order valence-electron chi connectivity index (χ2n) is 5.67. The Morgan fingerprint density at radius 3 is 2.88 bits per heavy atom. The maximum Gasteiger partial charge on any atom is 0.147 e. The maximum atomic E-state index is 5.99. The van der Waals surface area contributed by atoms with Crippen molar-refractivity contribution in [3.05, 3.63) is 60.3 Å². The number of nitrogens with two attached hydrogens (primary N) is 1. The molecule has 0 aliphatic rings. The quantitative estimate of drug-likeness (QED) is 0.605. The second kappa shape index (κ2) is 5.73. The number of nitrogen functional groups attached to an aromatic ring is 1. The fraction of sp³-hybridized carbons (Fsp3) is 0.111. The van der Waals surface area contributed by atoms with E-state index in [1.54, 1.807) is 0 Å². The number of aromatic nitrogens is 4. The first kappa shape index (κ1) is 14.3. The lowest BCUT2D eigenvalue weighted by atomic mass is 10.1. The summed E-state index contributed by atoms with van der Waals surface area (Å²) in [5, 5.41) is 11.6. The molecular weight excluding hydrogens is 302 g/mol. The van der Waals surface area contributed by atoms with Crippen LogP contribution in [0.1, 0.15) is 5.56 Å². The number of hydrogen-bond acceptors (Lipinski definition) is 4. The standard InChI is InChI=1S/C18H17N5O/c1-23-9-8-12-4-2-6-14(17(12)23)11-24-15-7-3-5-13(10-15)16-18(19)21-22-20-16/h2-10H,11H2,1H3,(H3,19,20,21,22). The summed E-state index contributed by atoms with van der Waals surface area (Å²) in [5.41, 5.74) is 9.67. The minimum atomic E-state index is 0.445. The molecule has 2 heterocycles. The Balaban J connectivity index is 1.60. The molecule has 0 radical (unpaired) electrons. The van der Waals surface area contributed by atoms with Crippen molar-refractivity contribution in [1.82, 2.24) is 20.0 Å². The van der Waals surface area contributed by atoms with Gasteiger partial charge in [0, 0.05) is 24.4 Å². The van der Waals surface area contributed by atoms with Gasteiger partial charge in [0.15, 0.2) is 0 Å². The maximum absolute atomic E-state index is 5.99. The third-order valence-electron chi connectivity index (χ3n) is 4.06. The highest BCUT2D eigenvalue weighted by molar-refractivity contribution is 5.83. The zero-order valence-electron chi connectivity index (χ0n) is 13.2. The number of aryl methyl sites for hydroxylation is 1. The van der Waals surface area contributed by atoms with Gasteiger partial charge in [-0.2, -0.15) is 0 Å². The van der Waals surface area contributed by atoms with Crippen LogP contribution in [-0.4, -0.2) is 20.0 Å². The van der Waals surface area contributed by atoms with E-state index in [1.165, 1.54) is 10.9 Å². The molecule has 0 saturated carbocycles. The van der Waals surface area contributed by atoms with E-state index < -0.39 is 0 Å². The van der Waals surface area contributed by atoms with Gasteiger partial charge in [-0.25, -0.2) is 5.10 Å². The van der Waals surface area contributed by atoms with E-state index in [9.17, 15) is 0 Å². The van der Waals surface area contributed by atoms with Crippen molar-refractivity contribution in [2.75, 3.05) is 5.73 Å². The van der Waals surface area contributed by atoms with Crippen LogP contribution in [0, 0.1) is 0 Å². The average Bonchev–Trinajstić information content (AvgIpc) is 3.20. The van der Waals surface area contributed by atoms with Crippen molar-refractivity contribution in [2.24, 2.45) is 7.05 Å². The number of para-hydroxylation sites is 1. The van der Waals surface area contributed by atoms with Gasteiger partial charge in [-0.1, -0.05) is 35.5 Å². The third-order valence-corrected chi connectivity index (χ3v) is 4.06. The van der Waals surface area contributed by atoms with Gasteiger partial charge in [-0.05, 0) is 23.6 Å². The van der Waals surface area contributed by atoms with Crippen LogP contribution < -0.4 is 10.5 Å². The van der Waals surface area contributed by atoms with Gasteiger partial charge in [-0.15, -0.1) is 5.10 Å². The zero-order chi connectivity index (χ0) is 16.5. The normalized spacial score (nSPS) is 11.0. The summed E-state index contributed by atoms with van der Waals surface area (Å²) in [5.74, 6) is 1.21. The molecule has 3 N–H and O–H groups in total. The van der Waals surface area contributed by atoms with E-state index >= 15 is 0 Å². The highest BCUT2D eigenvalue weighted by atomic mass is 16.5. The number of benzene rings is 2. The summed E-state index contributed by atoms with van der Waals surface area (Å²) in [6, 6.07) is 16.0. The van der Waals surface area contributed by atoms with Crippen LogP contribution in [0.2, 0.25) is 0 Å². The zero-order valence-corrected chi connectivity index (χ0v) is 13.2. The van der Waals surface area contributed by atoms with Gasteiger partial charge in [-0.3, -0.25) is 0 Å². The van der Waals surface area contributed by atoms with Gasteiger partial charge in [0.05, 0.1) is 5.52 Å². The van der Waals surface area contributed by atoms with Crippen LogP contribution in [0.15, 0.2) is 54.7 Å². The fourth-order valence-electron chi connectivity index (χ4n) is 2.90. The third kappa shape index (κ3) is 2.48. The van der Waals surface area contributed by atoms with E-state index in [0.717, 1.165) is 16.9 Å². The van der Waals surface area contributed by atoms with Crippen LogP contribution in [0.25, 0.3) is 22.2 Å². The Morgan fingerprint density at radius 2 is 2.04 bits per heavy atom. The van der Waals surface area contributed by atoms with Gasteiger partial charge in [0.25, 0.3) is 0 Å². The molecule has 0 aliphatic heterocycles. The van der Waals surface area contributed by atoms with Crippen LogP contribution in [-0.2, 0) is 13.7 Å². The van der Waals surface area contributed by atoms with Crippen molar-refractivity contribution in [1.29, 1.82) is 0 Å². The largest absolute Gasteiger partial charge is 0.489 e. The molecule has 2 aromatic carbocycles. The first-order valence-electron chi connectivity index (χ1n) is 7.65. The van der Waals surface area contributed by atoms with Crippen LogP contribution >= 0.6 is 0 Å². The van der Waals surface area contributed by atoms with E-state index in [2.05, 4.69) is 44.4 Å². The number of rotatable bonds is 4. The molecule has 0 bridgehead atoms. The molecule has 6 nitrogen and oxygen atoms in total. The van der Waals surface area contributed by atoms with E-state index in [0.29, 0.717) is 18.1 Å². The molecule has 120 valence electrons. The predicted octanol–water partition coefficient (Wildman–Crippen LogP) is 3.12. The molecule has 4 rings (SSSR count). The lowest BCUT2D eigenvalue weighted by molar-refractivity contribution is 0.307. The number of nitrogens with one attached hydrogen (secondary N) is 1. The van der Waals surface area contributed by atoms with Gasteiger partial charge < -0.3 is 15.0 Å². The Bertz CT molecular complexity index is 1000. The molecule has 0 spiro atoms. The highest BCUT2D eigenvalue weighted by Crippen LogP contribution is 2.26. The summed E-state index contributed by atoms with van der Waals surface area (Å²) >= 11 is 0. The molecule has 6 heteroatoms. The number of anilines is 1. The predicted molar refractivity (Wildman–Crippen MR) is 93.5 cm³/mol. The topological polar surface area (TPSA) is 81.8 Å². The van der Waals surface area contributed by atoms with E-state index in [1.807, 2.05) is 37.4 Å². The summed E-state index contributed by atoms with van der Waals surface area (Å²) < 4.78 is 8.10. The molecule has 2 aromatic heterocycles. The fourth-order valence-corrected chi connectivity index (χ4v) is 2.90. The first-order valence-corrected chi connectivity index (χ1v) is 7.65. The molecule has 0 amide bonds. The van der Waals surface area contributed by atoms with Gasteiger partial charge in [0.1, 0.15) is 23.9 Å².